The number of anilines is 1. The van der Waals surface area contributed by atoms with Gasteiger partial charge in [0.05, 0.1) is 6.61 Å². The van der Waals surface area contributed by atoms with E-state index in [-0.39, 0.29) is 36.1 Å². The Morgan fingerprint density at radius 2 is 2.00 bits per heavy atom. The van der Waals surface area contributed by atoms with Gasteiger partial charge in [0, 0.05) is 38.4 Å². The minimum Gasteiger partial charge on any atom is -0.384 e. The number of carbonyl (C=O) groups excluding carboxylic acids is 1. The molecule has 0 aliphatic carbocycles. The van der Waals surface area contributed by atoms with Gasteiger partial charge in [-0.05, 0) is 44.8 Å². The van der Waals surface area contributed by atoms with Gasteiger partial charge in [-0.3, -0.25) is 4.79 Å². The number of ether oxygens (including phenoxy) is 1. The molecule has 0 spiro atoms. The van der Waals surface area contributed by atoms with Crippen molar-refractivity contribution in [2.24, 2.45) is 5.41 Å². The van der Waals surface area contributed by atoms with Crippen LogP contribution in [0.15, 0.2) is 12.3 Å². The number of piperidine rings is 1. The Morgan fingerprint density at radius 3 is 2.65 bits per heavy atom. The summed E-state index contributed by atoms with van der Waals surface area (Å²) in [7, 11) is 1.72. The van der Waals surface area contributed by atoms with Gasteiger partial charge in [-0.1, -0.05) is 0 Å². The molecule has 2 aliphatic rings. The summed E-state index contributed by atoms with van der Waals surface area (Å²) in [5, 5.41) is 6.42. The lowest BCUT2D eigenvalue weighted by molar-refractivity contribution is 0.0510. The number of rotatable bonds is 6. The molecule has 7 nitrogen and oxygen atoms in total. The lowest BCUT2D eigenvalue weighted by Crippen LogP contribution is -2.47. The molecular formula is C17H29Cl2N5O2. The van der Waals surface area contributed by atoms with Crippen LogP contribution in [0.3, 0.4) is 0 Å². The quantitative estimate of drug-likeness (QED) is 0.748. The van der Waals surface area contributed by atoms with E-state index in [2.05, 4.69) is 25.5 Å². The zero-order valence-electron chi connectivity index (χ0n) is 15.2. The van der Waals surface area contributed by atoms with Crippen molar-refractivity contribution in [3.8, 4) is 0 Å². The van der Waals surface area contributed by atoms with Crippen molar-refractivity contribution in [1.82, 2.24) is 20.6 Å². The molecule has 0 atom stereocenters. The highest BCUT2D eigenvalue weighted by molar-refractivity contribution is 5.92. The largest absolute Gasteiger partial charge is 0.384 e. The topological polar surface area (TPSA) is 79.4 Å². The van der Waals surface area contributed by atoms with E-state index in [1.165, 1.54) is 0 Å². The molecule has 2 aliphatic heterocycles. The number of carbonyl (C=O) groups is 1. The fourth-order valence-electron chi connectivity index (χ4n) is 3.54. The van der Waals surface area contributed by atoms with Crippen LogP contribution in [0.25, 0.3) is 0 Å². The van der Waals surface area contributed by atoms with Crippen LogP contribution in [0.5, 0.6) is 0 Å². The Balaban J connectivity index is 0.00000169. The number of hydrogen-bond donors (Lipinski definition) is 2. The standard InChI is InChI=1S/C17H27N5O2.2ClH/c1-24-13-17(5-8-18-9-6-17)12-20-15(23)14-4-7-19-16(21-14)22-10-2-3-11-22;;/h4,7,18H,2-3,5-6,8-13H2,1H3,(H,20,23);2*1H. The summed E-state index contributed by atoms with van der Waals surface area (Å²) in [4.78, 5) is 23.4. The maximum Gasteiger partial charge on any atom is 0.270 e. The van der Waals surface area contributed by atoms with Crippen LogP contribution in [-0.4, -0.2) is 62.3 Å². The van der Waals surface area contributed by atoms with E-state index >= 15 is 0 Å². The third-order valence-corrected chi connectivity index (χ3v) is 5.00. The van der Waals surface area contributed by atoms with Crippen molar-refractivity contribution in [1.29, 1.82) is 0 Å². The molecule has 9 heteroatoms. The van der Waals surface area contributed by atoms with Crippen molar-refractivity contribution in [3.63, 3.8) is 0 Å². The first-order chi connectivity index (χ1) is 11.7. The van der Waals surface area contributed by atoms with Gasteiger partial charge in [-0.25, -0.2) is 9.97 Å². The van der Waals surface area contributed by atoms with Crippen LogP contribution in [0, 0.1) is 5.41 Å². The third-order valence-electron chi connectivity index (χ3n) is 5.00. The molecule has 0 saturated carbocycles. The third kappa shape index (κ3) is 5.67. The van der Waals surface area contributed by atoms with Gasteiger partial charge in [0.25, 0.3) is 5.91 Å². The second-order valence-electron chi connectivity index (χ2n) is 6.80. The maximum absolute atomic E-state index is 12.5. The number of amides is 1. The summed E-state index contributed by atoms with van der Waals surface area (Å²) in [6.07, 6.45) is 6.00. The Bertz CT molecular complexity index is 558. The van der Waals surface area contributed by atoms with Crippen molar-refractivity contribution in [3.05, 3.63) is 18.0 Å². The van der Waals surface area contributed by atoms with Crippen molar-refractivity contribution >= 4 is 36.7 Å². The highest BCUT2D eigenvalue weighted by atomic mass is 35.5. The molecule has 0 unspecified atom stereocenters. The van der Waals surface area contributed by atoms with E-state index in [0.29, 0.717) is 24.8 Å². The highest BCUT2D eigenvalue weighted by Crippen LogP contribution is 2.28. The van der Waals surface area contributed by atoms with Crippen molar-refractivity contribution in [2.45, 2.75) is 25.7 Å². The van der Waals surface area contributed by atoms with E-state index in [0.717, 1.165) is 51.9 Å². The number of halogens is 2. The summed E-state index contributed by atoms with van der Waals surface area (Å²) in [6, 6.07) is 1.68. The molecule has 1 aromatic heterocycles. The first-order valence-electron chi connectivity index (χ1n) is 8.78. The Morgan fingerprint density at radius 1 is 1.31 bits per heavy atom. The zero-order valence-corrected chi connectivity index (χ0v) is 16.8. The van der Waals surface area contributed by atoms with Crippen molar-refractivity contribution < 1.29 is 9.53 Å². The van der Waals surface area contributed by atoms with Crippen LogP contribution in [-0.2, 0) is 4.74 Å². The normalized spacial score (nSPS) is 18.6. The molecule has 26 heavy (non-hydrogen) atoms. The second kappa shape index (κ2) is 10.9. The van der Waals surface area contributed by atoms with E-state index in [9.17, 15) is 4.79 Å². The Labute approximate surface area is 167 Å². The molecule has 1 amide bonds. The smallest absolute Gasteiger partial charge is 0.270 e. The lowest BCUT2D eigenvalue weighted by atomic mass is 9.79. The SMILES string of the molecule is COCC1(CNC(=O)c2ccnc(N3CCCC3)n2)CCNCC1.Cl.Cl. The minimum absolute atomic E-state index is 0. The maximum atomic E-state index is 12.5. The average molecular weight is 406 g/mol. The van der Waals surface area contributed by atoms with Gasteiger partial charge in [-0.15, -0.1) is 24.8 Å². The number of methoxy groups -OCH3 is 1. The Hall–Kier alpha value is -1.15. The van der Waals surface area contributed by atoms with Crippen LogP contribution in [0.1, 0.15) is 36.2 Å². The first kappa shape index (κ1) is 22.9. The molecule has 1 aromatic rings. The minimum atomic E-state index is -0.133. The molecule has 0 radical (unpaired) electrons. The number of aromatic nitrogens is 2. The number of nitrogens with zero attached hydrogens (tertiary/aromatic N) is 3. The summed E-state index contributed by atoms with van der Waals surface area (Å²) in [5.74, 6) is 0.528. The molecule has 2 fully saturated rings. The number of hydrogen-bond acceptors (Lipinski definition) is 6. The van der Waals surface area contributed by atoms with Gasteiger partial charge in [-0.2, -0.15) is 0 Å². The summed E-state index contributed by atoms with van der Waals surface area (Å²) in [6.45, 7) is 5.14. The molecule has 2 N–H and O–H groups in total. The highest BCUT2D eigenvalue weighted by Gasteiger charge is 2.32. The molecule has 3 rings (SSSR count). The Kier molecular flexibility index (Phi) is 9.57. The van der Waals surface area contributed by atoms with Gasteiger partial charge < -0.3 is 20.3 Å². The van der Waals surface area contributed by atoms with E-state index in [1.54, 1.807) is 19.4 Å². The molecule has 0 bridgehead atoms. The molecule has 148 valence electrons. The second-order valence-corrected chi connectivity index (χ2v) is 6.80. The van der Waals surface area contributed by atoms with Crippen LogP contribution >= 0.6 is 24.8 Å². The lowest BCUT2D eigenvalue weighted by Gasteiger charge is -2.37. The van der Waals surface area contributed by atoms with E-state index in [4.69, 9.17) is 4.74 Å². The van der Waals surface area contributed by atoms with Gasteiger partial charge >= 0.3 is 0 Å². The van der Waals surface area contributed by atoms with Crippen molar-refractivity contribution in [2.75, 3.05) is 51.3 Å². The summed E-state index contributed by atoms with van der Waals surface area (Å²) < 4.78 is 5.40. The van der Waals surface area contributed by atoms with E-state index < -0.39 is 0 Å². The van der Waals surface area contributed by atoms with Crippen LogP contribution in [0.4, 0.5) is 5.95 Å². The average Bonchev–Trinajstić information content (AvgIpc) is 3.16. The molecular weight excluding hydrogens is 377 g/mol. The predicted molar refractivity (Wildman–Crippen MR) is 107 cm³/mol. The molecule has 3 heterocycles. The van der Waals surface area contributed by atoms with Crippen LogP contribution < -0.4 is 15.5 Å². The van der Waals surface area contributed by atoms with E-state index in [1.807, 2.05) is 0 Å². The number of nitrogens with one attached hydrogen (secondary N) is 2. The van der Waals surface area contributed by atoms with Gasteiger partial charge in [0.15, 0.2) is 0 Å². The van der Waals surface area contributed by atoms with Gasteiger partial charge in [0.1, 0.15) is 5.69 Å². The summed E-state index contributed by atoms with van der Waals surface area (Å²) in [5.41, 5.74) is 0.453. The first-order valence-corrected chi connectivity index (χ1v) is 8.78. The fourth-order valence-corrected chi connectivity index (χ4v) is 3.54. The molecule has 0 aromatic carbocycles. The van der Waals surface area contributed by atoms with Crippen LogP contribution in [0.2, 0.25) is 0 Å². The fraction of sp³-hybridized carbons (Fsp3) is 0.706. The molecule has 2 saturated heterocycles. The monoisotopic (exact) mass is 405 g/mol. The zero-order chi connectivity index (χ0) is 16.8. The van der Waals surface area contributed by atoms with Gasteiger partial charge in [0.2, 0.25) is 5.95 Å². The predicted octanol–water partition coefficient (Wildman–Crippen LogP) is 1.67. The summed E-state index contributed by atoms with van der Waals surface area (Å²) >= 11 is 0.